The highest BCUT2D eigenvalue weighted by Gasteiger charge is 2.25. The molecule has 3 aromatic rings. The van der Waals surface area contributed by atoms with Crippen LogP contribution in [0.25, 0.3) is 24.3 Å². The average molecular weight is 514 g/mol. The Hall–Kier alpha value is -4.08. The van der Waals surface area contributed by atoms with Gasteiger partial charge in [0.1, 0.15) is 0 Å². The van der Waals surface area contributed by atoms with Gasteiger partial charge in [-0.25, -0.2) is 43.9 Å². The van der Waals surface area contributed by atoms with Gasteiger partial charge in [-0.3, -0.25) is 0 Å². The molecule has 0 unspecified atom stereocenters. The van der Waals surface area contributed by atoms with Gasteiger partial charge in [-0.15, -0.1) is 0 Å². The summed E-state index contributed by atoms with van der Waals surface area (Å²) in [5, 5.41) is 0. The summed E-state index contributed by atoms with van der Waals surface area (Å²) in [6.07, 6.45) is 9.15. The van der Waals surface area contributed by atoms with Gasteiger partial charge in [-0.1, -0.05) is 60.7 Å². The zero-order chi connectivity index (χ0) is 26.6. The zero-order valence-corrected chi connectivity index (χ0v) is 17.7. The van der Waals surface area contributed by atoms with E-state index in [-0.39, 0.29) is 0 Å². The lowest BCUT2D eigenvalue weighted by atomic mass is 10.1. The summed E-state index contributed by atoms with van der Waals surface area (Å²) in [7, 11) is 0. The normalized spacial score (nSPS) is 12.3. The first-order valence-electron chi connectivity index (χ1n) is 9.87. The van der Waals surface area contributed by atoms with Crippen LogP contribution in [0.2, 0.25) is 0 Å². The van der Waals surface area contributed by atoms with Crippen LogP contribution in [0.15, 0.2) is 48.6 Å². The van der Waals surface area contributed by atoms with Crippen molar-refractivity contribution in [3.8, 4) is 0 Å². The molecule has 3 rings (SSSR count). The quantitative estimate of drug-likeness (QED) is 0.134. The smallest absolute Gasteiger partial charge is 0.200 e. The van der Waals surface area contributed by atoms with Crippen molar-refractivity contribution < 1.29 is 43.9 Å². The van der Waals surface area contributed by atoms with Gasteiger partial charge >= 0.3 is 0 Å². The summed E-state index contributed by atoms with van der Waals surface area (Å²) < 4.78 is 133. The van der Waals surface area contributed by atoms with E-state index >= 15 is 0 Å². The van der Waals surface area contributed by atoms with E-state index in [1.165, 1.54) is 24.3 Å². The molecule has 0 amide bonds. The topological polar surface area (TPSA) is 0 Å². The van der Waals surface area contributed by atoms with Crippen molar-refractivity contribution in [3.63, 3.8) is 0 Å². The molecule has 10 heteroatoms. The van der Waals surface area contributed by atoms with E-state index in [9.17, 15) is 43.9 Å². The molecule has 3 aromatic carbocycles. The lowest BCUT2D eigenvalue weighted by Gasteiger charge is -2.03. The standard InChI is InChI=1S/C26H12F10/c27-17-15(18(28)22(32)25(35)21(17)31)7-3-1-5-13-9-11-14(12-10-13)6-2-4-8-16-19(29)23(33)26(36)24(34)20(16)30/h1-12H. The third-order valence-electron chi connectivity index (χ3n) is 4.75. The van der Waals surface area contributed by atoms with Crippen molar-refractivity contribution in [2.75, 3.05) is 0 Å². The van der Waals surface area contributed by atoms with Crippen molar-refractivity contribution >= 4 is 24.3 Å². The number of benzene rings is 3. The lowest BCUT2D eigenvalue weighted by Crippen LogP contribution is -2.03. The molecule has 0 N–H and O–H groups in total. The van der Waals surface area contributed by atoms with Gasteiger partial charge in [0, 0.05) is 0 Å². The largest absolute Gasteiger partial charge is 0.203 e. The van der Waals surface area contributed by atoms with Crippen molar-refractivity contribution in [3.05, 3.63) is 129 Å². The van der Waals surface area contributed by atoms with E-state index in [0.29, 0.717) is 11.1 Å². The highest BCUT2D eigenvalue weighted by atomic mass is 19.2. The first-order chi connectivity index (χ1) is 17.0. The zero-order valence-electron chi connectivity index (χ0n) is 17.7. The van der Waals surface area contributed by atoms with Crippen molar-refractivity contribution in [1.29, 1.82) is 0 Å². The summed E-state index contributed by atoms with van der Waals surface area (Å²) in [4.78, 5) is 0. The fraction of sp³-hybridized carbons (Fsp3) is 0. The molecule has 0 aliphatic carbocycles. The van der Waals surface area contributed by atoms with Crippen LogP contribution in [0.4, 0.5) is 43.9 Å². The summed E-state index contributed by atoms with van der Waals surface area (Å²) in [6, 6.07) is 6.37. The maximum Gasteiger partial charge on any atom is 0.200 e. The second-order valence-corrected chi connectivity index (χ2v) is 7.07. The monoisotopic (exact) mass is 514 g/mol. The molecule has 0 saturated heterocycles. The fourth-order valence-corrected chi connectivity index (χ4v) is 2.89. The van der Waals surface area contributed by atoms with Crippen LogP contribution in [0.3, 0.4) is 0 Å². The molecule has 0 aliphatic heterocycles. The second kappa shape index (κ2) is 11.1. The van der Waals surface area contributed by atoms with E-state index in [1.807, 2.05) is 0 Å². The third-order valence-corrected chi connectivity index (χ3v) is 4.75. The van der Waals surface area contributed by atoms with Crippen LogP contribution in [-0.2, 0) is 0 Å². The molecular formula is C26H12F10. The van der Waals surface area contributed by atoms with Crippen LogP contribution in [-0.4, -0.2) is 0 Å². The van der Waals surface area contributed by atoms with Crippen LogP contribution in [0.5, 0.6) is 0 Å². The minimum atomic E-state index is -2.25. The van der Waals surface area contributed by atoms with Crippen LogP contribution in [0, 0.1) is 58.2 Å². The predicted molar refractivity (Wildman–Crippen MR) is 115 cm³/mol. The Balaban J connectivity index is 1.68. The van der Waals surface area contributed by atoms with Crippen LogP contribution < -0.4 is 0 Å². The number of hydrogen-bond acceptors (Lipinski definition) is 0. The SMILES string of the molecule is Fc1c(F)c(F)c(C=CC=Cc2ccc(C=CC=Cc3c(F)c(F)c(F)c(F)c3F)cc2)c(F)c1F. The number of halogens is 10. The van der Waals surface area contributed by atoms with E-state index in [1.54, 1.807) is 24.3 Å². The first-order valence-corrected chi connectivity index (χ1v) is 9.87. The maximum absolute atomic E-state index is 13.6. The molecular weight excluding hydrogens is 502 g/mol. The van der Waals surface area contributed by atoms with E-state index in [2.05, 4.69) is 0 Å². The van der Waals surface area contributed by atoms with Crippen LogP contribution in [0.1, 0.15) is 22.3 Å². The fourth-order valence-electron chi connectivity index (χ4n) is 2.89. The molecule has 0 radical (unpaired) electrons. The molecule has 0 bridgehead atoms. The third kappa shape index (κ3) is 5.42. The molecule has 36 heavy (non-hydrogen) atoms. The Labute approximate surface area is 197 Å². The average Bonchev–Trinajstić information content (AvgIpc) is 2.88. The van der Waals surface area contributed by atoms with Gasteiger partial charge in [-0.05, 0) is 23.3 Å². The summed E-state index contributed by atoms with van der Waals surface area (Å²) in [5.74, 6) is -20.5. The van der Waals surface area contributed by atoms with Gasteiger partial charge in [0.25, 0.3) is 0 Å². The van der Waals surface area contributed by atoms with Gasteiger partial charge in [-0.2, -0.15) is 0 Å². The second-order valence-electron chi connectivity index (χ2n) is 7.07. The Morgan fingerprint density at radius 2 is 0.528 bits per heavy atom. The van der Waals surface area contributed by atoms with Crippen molar-refractivity contribution in [2.45, 2.75) is 0 Å². The van der Waals surface area contributed by atoms with E-state index in [0.717, 1.165) is 24.3 Å². The highest BCUT2D eigenvalue weighted by Crippen LogP contribution is 2.25. The molecule has 0 nitrogen and oxygen atoms in total. The summed E-state index contributed by atoms with van der Waals surface area (Å²) in [6.45, 7) is 0. The molecule has 0 aromatic heterocycles. The Kier molecular flexibility index (Phi) is 8.18. The number of rotatable bonds is 6. The van der Waals surface area contributed by atoms with Crippen LogP contribution >= 0.6 is 0 Å². The molecule has 0 saturated carbocycles. The lowest BCUT2D eigenvalue weighted by molar-refractivity contribution is 0.377. The minimum Gasteiger partial charge on any atom is -0.203 e. The predicted octanol–water partition coefficient (Wildman–Crippen LogP) is 8.53. The van der Waals surface area contributed by atoms with Gasteiger partial charge in [0.15, 0.2) is 46.5 Å². The summed E-state index contributed by atoms with van der Waals surface area (Å²) in [5.41, 5.74) is -0.997. The first kappa shape index (κ1) is 26.5. The van der Waals surface area contributed by atoms with Crippen molar-refractivity contribution in [1.82, 2.24) is 0 Å². The molecule has 0 fully saturated rings. The minimum absolute atomic E-state index is 0.589. The maximum atomic E-state index is 13.6. The summed E-state index contributed by atoms with van der Waals surface area (Å²) >= 11 is 0. The Bertz CT molecular complexity index is 1250. The number of hydrogen-bond donors (Lipinski definition) is 0. The molecule has 0 spiro atoms. The van der Waals surface area contributed by atoms with E-state index in [4.69, 9.17) is 0 Å². The van der Waals surface area contributed by atoms with E-state index < -0.39 is 69.3 Å². The van der Waals surface area contributed by atoms with Gasteiger partial charge in [0.05, 0.1) is 11.1 Å². The van der Waals surface area contributed by atoms with Gasteiger partial charge < -0.3 is 0 Å². The van der Waals surface area contributed by atoms with Gasteiger partial charge in [0.2, 0.25) is 11.6 Å². The number of allylic oxidation sites excluding steroid dienone is 4. The highest BCUT2D eigenvalue weighted by molar-refractivity contribution is 5.61. The van der Waals surface area contributed by atoms with Crippen molar-refractivity contribution in [2.24, 2.45) is 0 Å². The molecule has 0 heterocycles. The molecule has 0 aliphatic rings. The Morgan fingerprint density at radius 3 is 0.806 bits per heavy atom. The molecule has 0 atom stereocenters. The Morgan fingerprint density at radius 1 is 0.306 bits per heavy atom. The molecule has 186 valence electrons.